The molecule has 0 aliphatic heterocycles. The molecule has 0 heterocycles. The van der Waals surface area contributed by atoms with Gasteiger partial charge in [-0.15, -0.1) is 0 Å². The van der Waals surface area contributed by atoms with Gasteiger partial charge in [0.15, 0.2) is 6.10 Å². The summed E-state index contributed by atoms with van der Waals surface area (Å²) in [7, 11) is 0. The minimum Gasteiger partial charge on any atom is -0.462 e. The molecule has 0 bridgehead atoms. The fraction of sp³-hybridized carbons (Fsp3) is 0.929. The Hall–Kier alpha value is -1.36. The van der Waals surface area contributed by atoms with Crippen molar-refractivity contribution in [1.29, 1.82) is 0 Å². The quantitative estimate of drug-likeness (QED) is 0.0375. The van der Waals surface area contributed by atoms with Crippen molar-refractivity contribution < 1.29 is 24.2 Å². The summed E-state index contributed by atoms with van der Waals surface area (Å²) in [6.45, 7) is 4.10. The summed E-state index contributed by atoms with van der Waals surface area (Å²) in [5, 5.41) is 9.53. The third kappa shape index (κ3) is 51.2. The van der Waals surface area contributed by atoms with Crippen LogP contribution in [-0.4, -0.2) is 36.4 Å². The smallest absolute Gasteiger partial charge is 0.306 e. The Labute approximate surface area is 381 Å². The molecule has 1 unspecified atom stereocenters. The standard InChI is InChI=1S/C56H108O5/c1-3-5-7-9-11-12-13-14-15-16-17-18-19-20-21-22-23-24-25-26-27-28-29-30-31-32-33-34-35-36-37-38-39-40-41-42-43-44-45-47-49-51-56(59)61-54(52-57)53-60-55(58)50-48-46-10-8-6-4-2/h16-17,54,57H,3-15,18-53H2,1-2H3/b17-16-. The van der Waals surface area contributed by atoms with E-state index < -0.39 is 6.10 Å². The fourth-order valence-electron chi connectivity index (χ4n) is 8.61. The monoisotopic (exact) mass is 861 g/mol. The summed E-state index contributed by atoms with van der Waals surface area (Å²) < 4.78 is 10.6. The lowest BCUT2D eigenvalue weighted by Gasteiger charge is -2.15. The Morgan fingerprint density at radius 3 is 0.885 bits per heavy atom. The van der Waals surface area contributed by atoms with Gasteiger partial charge in [0.05, 0.1) is 6.61 Å². The molecule has 0 fully saturated rings. The van der Waals surface area contributed by atoms with Gasteiger partial charge in [-0.1, -0.05) is 276 Å². The van der Waals surface area contributed by atoms with Crippen LogP contribution >= 0.6 is 0 Å². The number of ether oxygens (including phenoxy) is 2. The van der Waals surface area contributed by atoms with E-state index in [4.69, 9.17) is 9.47 Å². The van der Waals surface area contributed by atoms with Crippen LogP contribution in [0.3, 0.4) is 0 Å². The van der Waals surface area contributed by atoms with Gasteiger partial charge >= 0.3 is 11.9 Å². The van der Waals surface area contributed by atoms with Gasteiger partial charge in [0.2, 0.25) is 0 Å². The predicted molar refractivity (Wildman–Crippen MR) is 265 cm³/mol. The van der Waals surface area contributed by atoms with E-state index in [1.807, 2.05) is 0 Å². The van der Waals surface area contributed by atoms with Crippen molar-refractivity contribution in [3.05, 3.63) is 12.2 Å². The number of hydrogen-bond donors (Lipinski definition) is 1. The molecular formula is C56H108O5. The van der Waals surface area contributed by atoms with Crippen LogP contribution in [0.5, 0.6) is 0 Å². The van der Waals surface area contributed by atoms with Gasteiger partial charge in [-0.05, 0) is 38.5 Å². The minimum atomic E-state index is -0.761. The Kier molecular flexibility index (Phi) is 51.8. The first kappa shape index (κ1) is 59.6. The molecule has 0 saturated heterocycles. The Morgan fingerprint density at radius 2 is 0.607 bits per heavy atom. The number of carbonyl (C=O) groups excluding carboxylic acids is 2. The molecule has 1 N–H and O–H groups in total. The molecule has 0 aliphatic carbocycles. The van der Waals surface area contributed by atoms with Crippen LogP contribution in [0.25, 0.3) is 0 Å². The molecule has 1 atom stereocenters. The van der Waals surface area contributed by atoms with Crippen LogP contribution < -0.4 is 0 Å². The van der Waals surface area contributed by atoms with Gasteiger partial charge in [0, 0.05) is 12.8 Å². The molecule has 5 nitrogen and oxygen atoms in total. The molecule has 5 heteroatoms. The normalized spacial score (nSPS) is 12.1. The third-order valence-electron chi connectivity index (χ3n) is 12.8. The molecule has 0 rings (SSSR count). The van der Waals surface area contributed by atoms with E-state index in [0.717, 1.165) is 38.5 Å². The zero-order valence-electron chi connectivity index (χ0n) is 41.5. The van der Waals surface area contributed by atoms with E-state index in [2.05, 4.69) is 26.0 Å². The summed E-state index contributed by atoms with van der Waals surface area (Å²) in [4.78, 5) is 24.1. The van der Waals surface area contributed by atoms with Gasteiger partial charge in [-0.25, -0.2) is 0 Å². The average Bonchev–Trinajstić information content (AvgIpc) is 3.26. The number of aliphatic hydroxyl groups is 1. The second kappa shape index (κ2) is 53.0. The van der Waals surface area contributed by atoms with Crippen LogP contribution in [0.4, 0.5) is 0 Å². The number of esters is 2. The number of aliphatic hydroxyl groups excluding tert-OH is 1. The van der Waals surface area contributed by atoms with Crippen LogP contribution in [0.1, 0.15) is 316 Å². The molecular weight excluding hydrogens is 753 g/mol. The van der Waals surface area contributed by atoms with Crippen molar-refractivity contribution in [2.24, 2.45) is 0 Å². The van der Waals surface area contributed by atoms with E-state index in [1.54, 1.807) is 0 Å². The molecule has 0 spiro atoms. The van der Waals surface area contributed by atoms with Crippen LogP contribution in [0.15, 0.2) is 12.2 Å². The molecule has 0 aromatic carbocycles. The number of hydrogen-bond acceptors (Lipinski definition) is 5. The number of carbonyl (C=O) groups is 2. The first-order chi connectivity index (χ1) is 30.1. The van der Waals surface area contributed by atoms with Crippen molar-refractivity contribution in [1.82, 2.24) is 0 Å². The van der Waals surface area contributed by atoms with Crippen molar-refractivity contribution in [2.75, 3.05) is 13.2 Å². The van der Waals surface area contributed by atoms with Crippen LogP contribution in [-0.2, 0) is 19.1 Å². The fourth-order valence-corrected chi connectivity index (χ4v) is 8.61. The maximum atomic E-state index is 12.2. The summed E-state index contributed by atoms with van der Waals surface area (Å²) in [5.74, 6) is -0.585. The molecule has 0 aromatic rings. The van der Waals surface area contributed by atoms with Gasteiger partial charge in [-0.3, -0.25) is 9.59 Å². The van der Waals surface area contributed by atoms with Crippen molar-refractivity contribution in [3.63, 3.8) is 0 Å². The highest BCUT2D eigenvalue weighted by molar-refractivity contribution is 5.70. The van der Waals surface area contributed by atoms with Gasteiger partial charge in [0.1, 0.15) is 6.61 Å². The molecule has 0 amide bonds. The van der Waals surface area contributed by atoms with E-state index in [9.17, 15) is 14.7 Å². The summed E-state index contributed by atoms with van der Waals surface area (Å²) >= 11 is 0. The highest BCUT2D eigenvalue weighted by Gasteiger charge is 2.16. The Bertz CT molecular complexity index is 886. The minimum absolute atomic E-state index is 0.0596. The van der Waals surface area contributed by atoms with Crippen LogP contribution in [0, 0.1) is 0 Å². The Morgan fingerprint density at radius 1 is 0.361 bits per heavy atom. The molecule has 0 aromatic heterocycles. The number of rotatable bonds is 52. The second-order valence-corrected chi connectivity index (χ2v) is 19.0. The zero-order chi connectivity index (χ0) is 44.2. The maximum Gasteiger partial charge on any atom is 0.306 e. The van der Waals surface area contributed by atoms with E-state index in [1.165, 1.54) is 250 Å². The highest BCUT2D eigenvalue weighted by atomic mass is 16.6. The van der Waals surface area contributed by atoms with Crippen molar-refractivity contribution in [3.8, 4) is 0 Å². The van der Waals surface area contributed by atoms with Crippen molar-refractivity contribution >= 4 is 11.9 Å². The van der Waals surface area contributed by atoms with Crippen molar-refractivity contribution in [2.45, 2.75) is 322 Å². The topological polar surface area (TPSA) is 72.8 Å². The van der Waals surface area contributed by atoms with Crippen LogP contribution in [0.2, 0.25) is 0 Å². The van der Waals surface area contributed by atoms with E-state index in [0.29, 0.717) is 12.8 Å². The molecule has 362 valence electrons. The lowest BCUT2D eigenvalue weighted by atomic mass is 10.0. The van der Waals surface area contributed by atoms with Gasteiger partial charge in [0.25, 0.3) is 0 Å². The molecule has 0 saturated carbocycles. The van der Waals surface area contributed by atoms with E-state index in [-0.39, 0.29) is 25.2 Å². The largest absolute Gasteiger partial charge is 0.462 e. The maximum absolute atomic E-state index is 12.2. The Balaban J connectivity index is 3.27. The molecule has 0 radical (unpaired) electrons. The van der Waals surface area contributed by atoms with Gasteiger partial charge in [-0.2, -0.15) is 0 Å². The summed E-state index contributed by atoms with van der Waals surface area (Å²) in [6, 6.07) is 0. The lowest BCUT2D eigenvalue weighted by molar-refractivity contribution is -0.161. The van der Waals surface area contributed by atoms with Gasteiger partial charge < -0.3 is 14.6 Å². The first-order valence-corrected chi connectivity index (χ1v) is 27.7. The average molecular weight is 861 g/mol. The number of allylic oxidation sites excluding steroid dienone is 2. The summed E-state index contributed by atoms with van der Waals surface area (Å²) in [5.41, 5.74) is 0. The number of unbranched alkanes of at least 4 members (excludes halogenated alkanes) is 42. The third-order valence-corrected chi connectivity index (χ3v) is 12.8. The SMILES string of the molecule is CCCCCCCCCC/C=C\CCCCCCCCCCCCCCCCCCCCCCCCCCCCCCCC(=O)OC(CO)COC(=O)CCCCCCCC. The molecule has 0 aliphatic rings. The predicted octanol–water partition coefficient (Wildman–Crippen LogP) is 18.4. The molecule has 61 heavy (non-hydrogen) atoms. The first-order valence-electron chi connectivity index (χ1n) is 27.7. The highest BCUT2D eigenvalue weighted by Crippen LogP contribution is 2.18. The second-order valence-electron chi connectivity index (χ2n) is 19.0. The summed E-state index contributed by atoms with van der Waals surface area (Å²) in [6.07, 6.45) is 65.4. The van der Waals surface area contributed by atoms with E-state index >= 15 is 0 Å². The zero-order valence-corrected chi connectivity index (χ0v) is 41.5. The lowest BCUT2D eigenvalue weighted by Crippen LogP contribution is -2.28.